The Hall–Kier alpha value is -3.42. The van der Waals surface area contributed by atoms with Crippen molar-refractivity contribution in [3.63, 3.8) is 0 Å². The van der Waals surface area contributed by atoms with Gasteiger partial charge in [-0.3, -0.25) is 4.79 Å². The first-order valence-corrected chi connectivity index (χ1v) is 9.68. The molecule has 4 rings (SSSR count). The Labute approximate surface area is 170 Å². The average molecular weight is 391 g/mol. The monoisotopic (exact) mass is 391 g/mol. The van der Waals surface area contributed by atoms with Crippen molar-refractivity contribution in [2.75, 3.05) is 50.1 Å². The summed E-state index contributed by atoms with van der Waals surface area (Å²) >= 11 is 0. The Balaban J connectivity index is 1.45. The first-order valence-electron chi connectivity index (χ1n) is 9.68. The summed E-state index contributed by atoms with van der Waals surface area (Å²) < 4.78 is 1.76. The van der Waals surface area contributed by atoms with Crippen molar-refractivity contribution in [1.29, 1.82) is 0 Å². The Kier molecular flexibility index (Phi) is 5.16. The van der Waals surface area contributed by atoms with Crippen molar-refractivity contribution in [1.82, 2.24) is 24.6 Å². The maximum absolute atomic E-state index is 13.0. The van der Waals surface area contributed by atoms with Gasteiger partial charge in [-0.2, -0.15) is 5.10 Å². The van der Waals surface area contributed by atoms with Crippen LogP contribution < -0.4 is 9.80 Å². The molecule has 2 aromatic heterocycles. The minimum atomic E-state index is 0.0477. The van der Waals surface area contributed by atoms with Gasteiger partial charge in [0.25, 0.3) is 5.91 Å². The maximum atomic E-state index is 13.0. The summed E-state index contributed by atoms with van der Waals surface area (Å²) in [5.74, 6) is 2.60. The molecule has 1 fully saturated rings. The van der Waals surface area contributed by atoms with Crippen LogP contribution in [0.15, 0.2) is 48.8 Å². The van der Waals surface area contributed by atoms with Crippen molar-refractivity contribution in [3.05, 3.63) is 60.2 Å². The maximum Gasteiger partial charge on any atom is 0.254 e. The summed E-state index contributed by atoms with van der Waals surface area (Å²) in [5.41, 5.74) is 1.56. The zero-order valence-corrected chi connectivity index (χ0v) is 17.0. The van der Waals surface area contributed by atoms with Gasteiger partial charge in [0.2, 0.25) is 0 Å². The van der Waals surface area contributed by atoms with Gasteiger partial charge in [0.15, 0.2) is 0 Å². The second-order valence-corrected chi connectivity index (χ2v) is 7.31. The lowest BCUT2D eigenvalue weighted by molar-refractivity contribution is 0.0746. The third-order valence-corrected chi connectivity index (χ3v) is 5.02. The fourth-order valence-electron chi connectivity index (χ4n) is 3.45. The number of hydrogen-bond acceptors (Lipinski definition) is 6. The molecule has 0 spiro atoms. The van der Waals surface area contributed by atoms with Crippen LogP contribution in [0.2, 0.25) is 0 Å². The van der Waals surface area contributed by atoms with Gasteiger partial charge in [-0.25, -0.2) is 14.6 Å². The zero-order chi connectivity index (χ0) is 20.4. The molecule has 0 radical (unpaired) electrons. The van der Waals surface area contributed by atoms with Crippen LogP contribution in [0, 0.1) is 6.92 Å². The number of amides is 1. The molecule has 0 N–H and O–H groups in total. The van der Waals surface area contributed by atoms with E-state index in [2.05, 4.69) is 20.0 Å². The van der Waals surface area contributed by atoms with Crippen molar-refractivity contribution < 1.29 is 4.79 Å². The predicted octanol–water partition coefficient (Wildman–Crippen LogP) is 2.00. The van der Waals surface area contributed by atoms with Crippen LogP contribution in [0.1, 0.15) is 16.2 Å². The zero-order valence-electron chi connectivity index (χ0n) is 17.0. The Morgan fingerprint density at radius 2 is 1.83 bits per heavy atom. The van der Waals surface area contributed by atoms with Gasteiger partial charge in [-0.1, -0.05) is 6.07 Å². The van der Waals surface area contributed by atoms with Crippen LogP contribution >= 0.6 is 0 Å². The third-order valence-electron chi connectivity index (χ3n) is 5.02. The van der Waals surface area contributed by atoms with Crippen LogP contribution in [0.25, 0.3) is 5.69 Å². The Morgan fingerprint density at radius 3 is 2.52 bits per heavy atom. The van der Waals surface area contributed by atoms with E-state index in [0.29, 0.717) is 18.7 Å². The van der Waals surface area contributed by atoms with E-state index in [0.717, 1.165) is 36.2 Å². The highest BCUT2D eigenvalue weighted by molar-refractivity contribution is 5.95. The number of anilines is 2. The molecule has 3 heterocycles. The molecule has 1 aliphatic heterocycles. The summed E-state index contributed by atoms with van der Waals surface area (Å²) in [7, 11) is 3.94. The van der Waals surface area contributed by atoms with Gasteiger partial charge in [0.1, 0.15) is 17.5 Å². The quantitative estimate of drug-likeness (QED) is 0.678. The molecule has 1 saturated heterocycles. The average Bonchev–Trinajstić information content (AvgIpc) is 3.28. The highest BCUT2D eigenvalue weighted by Crippen LogP contribution is 2.20. The highest BCUT2D eigenvalue weighted by atomic mass is 16.2. The van der Waals surface area contributed by atoms with Gasteiger partial charge >= 0.3 is 0 Å². The summed E-state index contributed by atoms with van der Waals surface area (Å²) in [5, 5.41) is 4.24. The van der Waals surface area contributed by atoms with E-state index in [9.17, 15) is 4.79 Å². The molecule has 29 heavy (non-hydrogen) atoms. The molecule has 8 nitrogen and oxygen atoms in total. The Morgan fingerprint density at radius 1 is 1.03 bits per heavy atom. The molecule has 1 aromatic carbocycles. The summed E-state index contributed by atoms with van der Waals surface area (Å²) in [6, 6.07) is 11.5. The molecular weight excluding hydrogens is 366 g/mol. The lowest BCUT2D eigenvalue weighted by Gasteiger charge is -2.35. The van der Waals surface area contributed by atoms with Crippen molar-refractivity contribution in [2.45, 2.75) is 6.92 Å². The standard InChI is InChI=1S/C21H25N7O/c1-16-23-19(25(2)3)15-20(24-16)26-10-12-27(13-11-26)21(29)17-6-4-7-18(14-17)28-9-5-8-22-28/h4-9,14-15H,10-13H2,1-3H3. The number of aryl methyl sites for hydroxylation is 1. The lowest BCUT2D eigenvalue weighted by Crippen LogP contribution is -2.49. The topological polar surface area (TPSA) is 70.4 Å². The van der Waals surface area contributed by atoms with Crippen molar-refractivity contribution >= 4 is 17.5 Å². The fraction of sp³-hybridized carbons (Fsp3) is 0.333. The highest BCUT2D eigenvalue weighted by Gasteiger charge is 2.23. The molecule has 0 unspecified atom stereocenters. The number of aromatic nitrogens is 4. The van der Waals surface area contributed by atoms with Crippen LogP contribution in [0.5, 0.6) is 0 Å². The van der Waals surface area contributed by atoms with E-state index >= 15 is 0 Å². The van der Waals surface area contributed by atoms with Gasteiger partial charge in [-0.15, -0.1) is 0 Å². The van der Waals surface area contributed by atoms with E-state index in [4.69, 9.17) is 0 Å². The van der Waals surface area contributed by atoms with Gasteiger partial charge < -0.3 is 14.7 Å². The predicted molar refractivity (Wildman–Crippen MR) is 113 cm³/mol. The lowest BCUT2D eigenvalue weighted by atomic mass is 10.1. The van der Waals surface area contributed by atoms with Crippen LogP contribution in [0.4, 0.5) is 11.6 Å². The van der Waals surface area contributed by atoms with Crippen LogP contribution in [-0.4, -0.2) is 70.8 Å². The number of nitrogens with zero attached hydrogens (tertiary/aromatic N) is 7. The fourth-order valence-corrected chi connectivity index (χ4v) is 3.45. The molecule has 1 amide bonds. The number of carbonyl (C=O) groups excluding carboxylic acids is 1. The summed E-state index contributed by atoms with van der Waals surface area (Å²) in [4.78, 5) is 28.1. The SMILES string of the molecule is Cc1nc(N(C)C)cc(N2CCN(C(=O)c3cccc(-n4cccn4)c3)CC2)n1. The van der Waals surface area contributed by atoms with E-state index in [1.165, 1.54) is 0 Å². The third kappa shape index (κ3) is 4.06. The minimum absolute atomic E-state index is 0.0477. The van der Waals surface area contributed by atoms with E-state index in [-0.39, 0.29) is 5.91 Å². The molecular formula is C21H25N7O. The Bertz CT molecular complexity index is 992. The van der Waals surface area contributed by atoms with E-state index in [1.807, 2.05) is 73.4 Å². The minimum Gasteiger partial charge on any atom is -0.363 e. The second kappa shape index (κ2) is 7.90. The van der Waals surface area contributed by atoms with Gasteiger partial charge in [0.05, 0.1) is 5.69 Å². The number of hydrogen-bond donors (Lipinski definition) is 0. The van der Waals surface area contributed by atoms with Crippen LogP contribution in [0.3, 0.4) is 0 Å². The molecule has 8 heteroatoms. The van der Waals surface area contributed by atoms with Crippen molar-refractivity contribution in [2.24, 2.45) is 0 Å². The summed E-state index contributed by atoms with van der Waals surface area (Å²) in [6.07, 6.45) is 3.60. The second-order valence-electron chi connectivity index (χ2n) is 7.31. The molecule has 1 aliphatic rings. The number of rotatable bonds is 4. The normalized spacial score (nSPS) is 14.2. The largest absolute Gasteiger partial charge is 0.363 e. The molecule has 150 valence electrons. The summed E-state index contributed by atoms with van der Waals surface area (Å²) in [6.45, 7) is 4.71. The molecule has 0 atom stereocenters. The smallest absolute Gasteiger partial charge is 0.254 e. The first kappa shape index (κ1) is 18.9. The number of piperazine rings is 1. The van der Waals surface area contributed by atoms with Gasteiger partial charge in [0, 0.05) is 64.3 Å². The first-order chi connectivity index (χ1) is 14.0. The van der Waals surface area contributed by atoms with E-state index < -0.39 is 0 Å². The molecule has 0 aliphatic carbocycles. The van der Waals surface area contributed by atoms with Crippen molar-refractivity contribution in [3.8, 4) is 5.69 Å². The molecule has 0 bridgehead atoms. The number of benzene rings is 1. The number of carbonyl (C=O) groups is 1. The van der Waals surface area contributed by atoms with Crippen LogP contribution in [-0.2, 0) is 0 Å². The molecule has 0 saturated carbocycles. The van der Waals surface area contributed by atoms with E-state index in [1.54, 1.807) is 10.9 Å². The molecule has 3 aromatic rings. The van der Waals surface area contributed by atoms with Gasteiger partial charge in [-0.05, 0) is 31.2 Å².